The molecule has 0 amide bonds. The number of benzene rings is 1. The monoisotopic (exact) mass is 557 g/mol. The maximum absolute atomic E-state index is 12.5. The van der Waals surface area contributed by atoms with Crippen molar-refractivity contribution in [1.29, 1.82) is 5.26 Å². The van der Waals surface area contributed by atoms with Crippen LogP contribution < -0.4 is 0 Å². The third kappa shape index (κ3) is 9.64. The number of esters is 1. The van der Waals surface area contributed by atoms with Crippen LogP contribution >= 0.6 is 0 Å². The van der Waals surface area contributed by atoms with Gasteiger partial charge >= 0.3 is 5.97 Å². The summed E-state index contributed by atoms with van der Waals surface area (Å²) < 4.78 is 18.7. The fraction of sp³-hybridized carbons (Fsp3) is 0.613. The minimum Gasteiger partial charge on any atom is -0.447 e. The molecule has 0 aliphatic heterocycles. The van der Waals surface area contributed by atoms with E-state index in [0.29, 0.717) is 17.5 Å². The molecule has 0 saturated heterocycles. The molecule has 2 unspecified atom stereocenters. The zero-order chi connectivity index (χ0) is 29.1. The summed E-state index contributed by atoms with van der Waals surface area (Å²) in [6.07, 6.45) is 6.86. The van der Waals surface area contributed by atoms with Crippen molar-refractivity contribution in [2.45, 2.75) is 117 Å². The van der Waals surface area contributed by atoms with Crippen LogP contribution in [-0.2, 0) is 20.0 Å². The molecule has 38 heavy (non-hydrogen) atoms. The van der Waals surface area contributed by atoms with Crippen molar-refractivity contribution >= 4 is 22.6 Å². The number of ether oxygens (including phenoxy) is 1. The summed E-state index contributed by atoms with van der Waals surface area (Å²) in [5, 5.41) is 8.84. The summed E-state index contributed by atoms with van der Waals surface area (Å²) in [5.74, 6) is -0.474. The molecule has 0 fully saturated rings. The van der Waals surface area contributed by atoms with Gasteiger partial charge in [0.25, 0.3) is 0 Å². The molecule has 212 valence electrons. The first kappa shape index (κ1) is 34.0. The van der Waals surface area contributed by atoms with Gasteiger partial charge in [0.2, 0.25) is 0 Å². The molecule has 0 aliphatic rings. The summed E-state index contributed by atoms with van der Waals surface area (Å²) in [6, 6.07) is 11.5. The first-order valence-corrected chi connectivity index (χ1v) is 19.3. The second-order valence-electron chi connectivity index (χ2n) is 12.0. The molecule has 1 aromatic rings. The molecule has 7 heteroatoms. The molecule has 2 atom stereocenters. The minimum absolute atomic E-state index is 0.0120. The van der Waals surface area contributed by atoms with E-state index in [1.54, 1.807) is 6.07 Å². The van der Waals surface area contributed by atoms with Crippen LogP contribution in [0.2, 0.25) is 35.8 Å². The fourth-order valence-corrected chi connectivity index (χ4v) is 9.08. The predicted molar refractivity (Wildman–Crippen MR) is 163 cm³/mol. The maximum Gasteiger partial charge on any atom is 0.339 e. The quantitative estimate of drug-likeness (QED) is 0.130. The van der Waals surface area contributed by atoms with E-state index in [1.165, 1.54) is 0 Å². The van der Waals surface area contributed by atoms with Crippen LogP contribution in [0.5, 0.6) is 0 Å². The number of hydrogen-bond donors (Lipinski definition) is 0. The average molecular weight is 558 g/mol. The number of carbonyl (C=O) groups excluding carboxylic acids is 1. The third-order valence-corrected chi connectivity index (χ3v) is 17.8. The van der Waals surface area contributed by atoms with E-state index in [0.717, 1.165) is 23.2 Å². The second-order valence-corrected chi connectivity index (χ2v) is 21.7. The van der Waals surface area contributed by atoms with E-state index in [4.69, 9.17) is 18.9 Å². The van der Waals surface area contributed by atoms with Crippen LogP contribution in [-0.4, -0.2) is 41.4 Å². The Morgan fingerprint density at radius 2 is 1.66 bits per heavy atom. The number of nitrogens with zero attached hydrogens (tertiary/aromatic N) is 1. The molecule has 0 aliphatic carbocycles. The number of rotatable bonds is 14. The van der Waals surface area contributed by atoms with Crippen molar-refractivity contribution in [3.05, 3.63) is 59.2 Å². The molecule has 0 heterocycles. The Hall–Kier alpha value is -1.99. The second kappa shape index (κ2) is 15.0. The number of hydrogen-bond acceptors (Lipinski definition) is 5. The zero-order valence-electron chi connectivity index (χ0n) is 25.7. The molecule has 0 aromatic heterocycles. The Kier molecular flexibility index (Phi) is 13.4. The summed E-state index contributed by atoms with van der Waals surface area (Å²) in [7, 11) is -3.87. The van der Waals surface area contributed by atoms with Gasteiger partial charge in [-0.25, -0.2) is 4.79 Å². The highest BCUT2D eigenvalue weighted by atomic mass is 28.4. The molecular formula is C31H51NO4Si2. The molecule has 0 saturated carbocycles. The molecule has 5 nitrogen and oxygen atoms in total. The van der Waals surface area contributed by atoms with Crippen LogP contribution in [0.4, 0.5) is 0 Å². The van der Waals surface area contributed by atoms with Crippen LogP contribution in [0.25, 0.3) is 0 Å². The molecule has 0 bridgehead atoms. The highest BCUT2D eigenvalue weighted by molar-refractivity contribution is 6.75. The lowest BCUT2D eigenvalue weighted by Crippen LogP contribution is -2.44. The molecule has 0 radical (unpaired) electrons. The Morgan fingerprint density at radius 1 is 1.05 bits per heavy atom. The smallest absolute Gasteiger partial charge is 0.339 e. The summed E-state index contributed by atoms with van der Waals surface area (Å²) in [5.41, 5.74) is 3.01. The third-order valence-electron chi connectivity index (χ3n) is 8.05. The van der Waals surface area contributed by atoms with Gasteiger partial charge in [-0.05, 0) is 73.2 Å². The van der Waals surface area contributed by atoms with E-state index in [1.807, 2.05) is 24.3 Å². The topological polar surface area (TPSA) is 68.6 Å². The van der Waals surface area contributed by atoms with Gasteiger partial charge in [-0.3, -0.25) is 0 Å². The van der Waals surface area contributed by atoms with Gasteiger partial charge in [0.1, 0.15) is 6.07 Å². The predicted octanol–water partition coefficient (Wildman–Crippen LogP) is 8.60. The molecule has 1 aromatic carbocycles. The maximum atomic E-state index is 12.5. The molecule has 0 N–H and O–H groups in total. The lowest BCUT2D eigenvalue weighted by Gasteiger charge is -2.39. The van der Waals surface area contributed by atoms with Crippen molar-refractivity contribution in [3.63, 3.8) is 0 Å². The van der Waals surface area contributed by atoms with Crippen molar-refractivity contribution in [3.8, 4) is 6.07 Å². The highest BCUT2D eigenvalue weighted by Gasteiger charge is 2.39. The number of carbonyl (C=O) groups is 1. The van der Waals surface area contributed by atoms with Gasteiger partial charge < -0.3 is 13.6 Å². The summed E-state index contributed by atoms with van der Waals surface area (Å²) >= 11 is 0. The Morgan fingerprint density at radius 3 is 2.18 bits per heavy atom. The lowest BCUT2D eigenvalue weighted by molar-refractivity contribution is 0.0554. The van der Waals surface area contributed by atoms with Gasteiger partial charge in [0.05, 0.1) is 17.8 Å². The number of allylic oxidation sites excluding steroid dienone is 1. The van der Waals surface area contributed by atoms with E-state index >= 15 is 0 Å². The van der Waals surface area contributed by atoms with E-state index in [9.17, 15) is 4.79 Å². The van der Waals surface area contributed by atoms with Crippen molar-refractivity contribution in [2.75, 3.05) is 6.61 Å². The molecule has 1 rings (SSSR count). The lowest BCUT2D eigenvalue weighted by atomic mass is 10.0. The molecular weight excluding hydrogens is 507 g/mol. The van der Waals surface area contributed by atoms with Crippen LogP contribution in [0.15, 0.2) is 48.1 Å². The van der Waals surface area contributed by atoms with Crippen LogP contribution in [0.3, 0.4) is 0 Å². The summed E-state index contributed by atoms with van der Waals surface area (Å²) in [6.45, 7) is 24.4. The molecule has 0 spiro atoms. The standard InChI is InChI=1S/C31H51NO4Si2/c1-12-38(13-2,24(3)4)35-26(6)19-21-29(36-37(10,11)31(7,8)9)25(5)18-20-27-16-14-15-17-28(27)30(33)34-23-22-32/h14-19,21,24,26,29H,12-13,20,23H2,1-11H3/b21-19+,25-18-. The van der Waals surface area contributed by atoms with Crippen LogP contribution in [0.1, 0.15) is 78.2 Å². The average Bonchev–Trinajstić information content (AvgIpc) is 2.86. The SMILES string of the molecule is CC[Si](CC)(OC(C)/C=C/C(O[Si](C)(C)C(C)(C)C)/C(C)=C\Cc1ccccc1C(=O)OCC#N)C(C)C. The van der Waals surface area contributed by atoms with Gasteiger partial charge in [0, 0.05) is 0 Å². The Bertz CT molecular complexity index is 998. The van der Waals surface area contributed by atoms with Gasteiger partial charge in [-0.2, -0.15) is 5.26 Å². The zero-order valence-corrected chi connectivity index (χ0v) is 27.7. The highest BCUT2D eigenvalue weighted by Crippen LogP contribution is 2.38. The van der Waals surface area contributed by atoms with Crippen molar-refractivity contribution in [2.24, 2.45) is 0 Å². The summed E-state index contributed by atoms with van der Waals surface area (Å²) in [4.78, 5) is 12.5. The van der Waals surface area contributed by atoms with E-state index < -0.39 is 22.6 Å². The normalized spacial score (nSPS) is 15.0. The van der Waals surface area contributed by atoms with Crippen LogP contribution in [0, 0.1) is 11.3 Å². The Balaban J connectivity index is 3.28. The van der Waals surface area contributed by atoms with E-state index in [2.05, 4.69) is 93.6 Å². The first-order chi connectivity index (χ1) is 17.6. The largest absolute Gasteiger partial charge is 0.447 e. The van der Waals surface area contributed by atoms with E-state index in [-0.39, 0.29) is 23.9 Å². The Labute approximate surface area is 234 Å². The van der Waals surface area contributed by atoms with Crippen molar-refractivity contribution < 1.29 is 18.4 Å². The van der Waals surface area contributed by atoms with Crippen molar-refractivity contribution in [1.82, 2.24) is 0 Å². The fourth-order valence-electron chi connectivity index (χ4n) is 4.27. The number of nitriles is 1. The minimum atomic E-state index is -2.06. The van der Waals surface area contributed by atoms with Gasteiger partial charge in [0.15, 0.2) is 23.2 Å². The van der Waals surface area contributed by atoms with Gasteiger partial charge in [-0.1, -0.05) is 84.9 Å². The first-order valence-electron chi connectivity index (χ1n) is 14.0. The van der Waals surface area contributed by atoms with Gasteiger partial charge in [-0.15, -0.1) is 0 Å².